The van der Waals surface area contributed by atoms with Gasteiger partial charge in [-0.15, -0.1) is 0 Å². The first-order valence-corrected chi connectivity index (χ1v) is 3.01. The van der Waals surface area contributed by atoms with Gasteiger partial charge in [-0.1, -0.05) is 6.07 Å². The molecule has 0 aliphatic heterocycles. The summed E-state index contributed by atoms with van der Waals surface area (Å²) in [4.78, 5) is 0. The summed E-state index contributed by atoms with van der Waals surface area (Å²) in [5, 5.41) is 0. The van der Waals surface area contributed by atoms with Crippen LogP contribution in [0.4, 0.5) is 10.1 Å². The summed E-state index contributed by atoms with van der Waals surface area (Å²) >= 11 is 0. The molecule has 1 aromatic rings. The van der Waals surface area contributed by atoms with E-state index >= 15 is 0 Å². The van der Waals surface area contributed by atoms with Gasteiger partial charge in [-0.3, -0.25) is 0 Å². The highest BCUT2D eigenvalue weighted by Crippen LogP contribution is 2.06. The second-order valence-corrected chi connectivity index (χ2v) is 1.89. The molecule has 0 aliphatic rings. The summed E-state index contributed by atoms with van der Waals surface area (Å²) in [5.74, 6) is -0.236. The lowest BCUT2D eigenvalue weighted by Gasteiger charge is -2.01. The average Bonchev–Trinajstić information content (AvgIpc) is 1.88. The van der Waals surface area contributed by atoms with E-state index in [9.17, 15) is 4.39 Å². The molecule has 0 amide bonds. The number of hydrazine groups is 1. The number of benzene rings is 1. The number of hydrogen-bond acceptors (Lipinski definition) is 2. The van der Waals surface area contributed by atoms with Crippen LogP contribution in [0, 0.1) is 5.82 Å². The minimum absolute atomic E-state index is 0.236. The quantitative estimate of drug-likeness (QED) is 0.606. The number of anilines is 1. The van der Waals surface area contributed by atoms with Crippen LogP contribution in [-0.2, 0) is 0 Å². The summed E-state index contributed by atoms with van der Waals surface area (Å²) in [6, 6.07) is 6.24. The van der Waals surface area contributed by atoms with Gasteiger partial charge in [-0.25, -0.2) is 9.82 Å². The first-order valence-electron chi connectivity index (χ1n) is 3.01. The monoisotopic (exact) mass is 140 g/mol. The molecule has 0 saturated heterocycles. The fraction of sp³-hybridized carbons (Fsp3) is 0.143. The molecule has 2 nitrogen and oxygen atoms in total. The molecular formula is C7H9FN2. The summed E-state index contributed by atoms with van der Waals surface area (Å²) in [7, 11) is 1.73. The van der Waals surface area contributed by atoms with Crippen molar-refractivity contribution in [2.24, 2.45) is 0 Å². The molecular weight excluding hydrogens is 131 g/mol. The molecule has 10 heavy (non-hydrogen) atoms. The first-order chi connectivity index (χ1) is 4.83. The minimum atomic E-state index is -0.236. The van der Waals surface area contributed by atoms with Crippen LogP contribution >= 0.6 is 0 Å². The Morgan fingerprint density at radius 1 is 1.40 bits per heavy atom. The standard InChI is InChI=1S/C7H9FN2/c1-9-10-7-4-2-3-6(8)5-7/h2-5,9-10H,1H3. The zero-order valence-electron chi connectivity index (χ0n) is 5.69. The molecule has 0 fully saturated rings. The molecule has 1 rings (SSSR count). The highest BCUT2D eigenvalue weighted by molar-refractivity contribution is 5.41. The second kappa shape index (κ2) is 3.17. The third kappa shape index (κ3) is 1.70. The van der Waals surface area contributed by atoms with Crippen molar-refractivity contribution in [3.05, 3.63) is 30.1 Å². The summed E-state index contributed by atoms with van der Waals surface area (Å²) < 4.78 is 12.4. The van der Waals surface area contributed by atoms with Gasteiger partial charge in [0.1, 0.15) is 5.82 Å². The van der Waals surface area contributed by atoms with Crippen molar-refractivity contribution < 1.29 is 4.39 Å². The summed E-state index contributed by atoms with van der Waals surface area (Å²) in [6.45, 7) is 0. The van der Waals surface area contributed by atoms with Gasteiger partial charge in [-0.2, -0.15) is 0 Å². The van der Waals surface area contributed by atoms with Gasteiger partial charge in [-0.05, 0) is 18.2 Å². The Bertz CT molecular complexity index is 213. The molecule has 1 aromatic carbocycles. The molecule has 0 heterocycles. The van der Waals surface area contributed by atoms with E-state index in [0.29, 0.717) is 0 Å². The lowest BCUT2D eigenvalue weighted by molar-refractivity contribution is 0.628. The number of nitrogens with one attached hydrogen (secondary N) is 2. The van der Waals surface area contributed by atoms with Crippen molar-refractivity contribution in [3.8, 4) is 0 Å². The van der Waals surface area contributed by atoms with E-state index in [1.165, 1.54) is 12.1 Å². The molecule has 2 N–H and O–H groups in total. The first kappa shape index (κ1) is 7.02. The number of halogens is 1. The Morgan fingerprint density at radius 3 is 2.80 bits per heavy atom. The predicted molar refractivity (Wildman–Crippen MR) is 39.1 cm³/mol. The van der Waals surface area contributed by atoms with E-state index < -0.39 is 0 Å². The maximum Gasteiger partial charge on any atom is 0.125 e. The molecule has 0 bridgehead atoms. The van der Waals surface area contributed by atoms with Crippen LogP contribution in [0.1, 0.15) is 0 Å². The molecule has 0 saturated carbocycles. The maximum absolute atomic E-state index is 12.4. The van der Waals surface area contributed by atoms with Gasteiger partial charge in [0.25, 0.3) is 0 Å². The highest BCUT2D eigenvalue weighted by Gasteiger charge is 1.89. The van der Waals surface area contributed by atoms with Crippen LogP contribution in [-0.4, -0.2) is 7.05 Å². The SMILES string of the molecule is CNNc1cccc(F)c1. The van der Waals surface area contributed by atoms with Crippen molar-refractivity contribution in [2.75, 3.05) is 12.5 Å². The van der Waals surface area contributed by atoms with Gasteiger partial charge >= 0.3 is 0 Å². The molecule has 0 radical (unpaired) electrons. The zero-order valence-corrected chi connectivity index (χ0v) is 5.69. The fourth-order valence-electron chi connectivity index (χ4n) is 0.711. The van der Waals surface area contributed by atoms with Crippen LogP contribution < -0.4 is 10.9 Å². The lowest BCUT2D eigenvalue weighted by Crippen LogP contribution is -2.14. The minimum Gasteiger partial charge on any atom is -0.322 e. The van der Waals surface area contributed by atoms with Crippen LogP contribution in [0.2, 0.25) is 0 Å². The van der Waals surface area contributed by atoms with E-state index in [2.05, 4.69) is 10.9 Å². The van der Waals surface area contributed by atoms with Gasteiger partial charge in [0, 0.05) is 7.05 Å². The average molecular weight is 140 g/mol. The highest BCUT2D eigenvalue weighted by atomic mass is 19.1. The van der Waals surface area contributed by atoms with Gasteiger partial charge < -0.3 is 5.43 Å². The van der Waals surface area contributed by atoms with E-state index in [4.69, 9.17) is 0 Å². The lowest BCUT2D eigenvalue weighted by atomic mass is 10.3. The maximum atomic E-state index is 12.4. The zero-order chi connectivity index (χ0) is 7.40. The molecule has 0 atom stereocenters. The molecule has 0 aliphatic carbocycles. The Hall–Kier alpha value is -1.09. The normalized spacial score (nSPS) is 9.40. The van der Waals surface area contributed by atoms with E-state index in [0.717, 1.165) is 5.69 Å². The Kier molecular flexibility index (Phi) is 2.23. The number of hydrogen-bond donors (Lipinski definition) is 2. The van der Waals surface area contributed by atoms with Crippen LogP contribution in [0.3, 0.4) is 0 Å². The van der Waals surface area contributed by atoms with E-state index in [1.807, 2.05) is 0 Å². The van der Waals surface area contributed by atoms with E-state index in [-0.39, 0.29) is 5.82 Å². The predicted octanol–water partition coefficient (Wildman–Crippen LogP) is 1.37. The molecule has 0 spiro atoms. The third-order valence-corrected chi connectivity index (χ3v) is 1.09. The number of rotatable bonds is 2. The fourth-order valence-corrected chi connectivity index (χ4v) is 0.711. The topological polar surface area (TPSA) is 24.1 Å². The van der Waals surface area contributed by atoms with Gasteiger partial charge in [0.2, 0.25) is 0 Å². The molecule has 54 valence electrons. The summed E-state index contributed by atoms with van der Waals surface area (Å²) in [5.41, 5.74) is 6.18. The van der Waals surface area contributed by atoms with Crippen LogP contribution in [0.15, 0.2) is 24.3 Å². The smallest absolute Gasteiger partial charge is 0.125 e. The van der Waals surface area contributed by atoms with Crippen molar-refractivity contribution in [2.45, 2.75) is 0 Å². The van der Waals surface area contributed by atoms with Crippen molar-refractivity contribution in [1.29, 1.82) is 0 Å². The second-order valence-electron chi connectivity index (χ2n) is 1.89. The van der Waals surface area contributed by atoms with Gasteiger partial charge in [0.15, 0.2) is 0 Å². The molecule has 3 heteroatoms. The Balaban J connectivity index is 2.75. The van der Waals surface area contributed by atoms with Crippen LogP contribution in [0.5, 0.6) is 0 Å². The third-order valence-electron chi connectivity index (χ3n) is 1.09. The summed E-state index contributed by atoms with van der Waals surface area (Å²) in [6.07, 6.45) is 0. The van der Waals surface area contributed by atoms with Crippen LogP contribution in [0.25, 0.3) is 0 Å². The van der Waals surface area contributed by atoms with E-state index in [1.54, 1.807) is 19.2 Å². The Labute approximate surface area is 59.0 Å². The van der Waals surface area contributed by atoms with Crippen molar-refractivity contribution in [3.63, 3.8) is 0 Å². The Morgan fingerprint density at radius 2 is 2.20 bits per heavy atom. The molecule has 0 unspecified atom stereocenters. The molecule has 0 aromatic heterocycles. The van der Waals surface area contributed by atoms with Gasteiger partial charge in [0.05, 0.1) is 5.69 Å². The van der Waals surface area contributed by atoms with Crippen molar-refractivity contribution in [1.82, 2.24) is 5.43 Å². The largest absolute Gasteiger partial charge is 0.322 e. The van der Waals surface area contributed by atoms with Crippen molar-refractivity contribution >= 4 is 5.69 Å².